The molecule has 2 aromatic heterocycles. The summed E-state index contributed by atoms with van der Waals surface area (Å²) in [6, 6.07) is 11.8. The second kappa shape index (κ2) is 6.12. The first kappa shape index (κ1) is 16.0. The van der Waals surface area contributed by atoms with Crippen molar-refractivity contribution in [2.75, 3.05) is 5.75 Å². The number of hydrogen-bond acceptors (Lipinski definition) is 6. The van der Waals surface area contributed by atoms with Crippen molar-refractivity contribution in [2.45, 2.75) is 17.4 Å². The summed E-state index contributed by atoms with van der Waals surface area (Å²) in [5, 5.41) is 8.60. The number of carbonyl (C=O) groups is 1. The number of nitrogens with one attached hydrogen (secondary N) is 1. The van der Waals surface area contributed by atoms with Crippen LogP contribution in [-0.2, 0) is 9.84 Å². The lowest BCUT2D eigenvalue weighted by molar-refractivity contribution is 0.0925. The Balaban J connectivity index is 1.58. The summed E-state index contributed by atoms with van der Waals surface area (Å²) in [6.45, 7) is 0. The first-order valence-corrected chi connectivity index (χ1v) is 10.2. The van der Waals surface area contributed by atoms with Gasteiger partial charge >= 0.3 is 0 Å². The minimum Gasteiger partial charge on any atom is -0.355 e. The van der Waals surface area contributed by atoms with Gasteiger partial charge in [0.1, 0.15) is 0 Å². The zero-order valence-electron chi connectivity index (χ0n) is 13.0. The van der Waals surface area contributed by atoms with E-state index in [-0.39, 0.29) is 28.3 Å². The van der Waals surface area contributed by atoms with E-state index in [0.29, 0.717) is 17.7 Å². The van der Waals surface area contributed by atoms with E-state index in [0.717, 1.165) is 4.88 Å². The van der Waals surface area contributed by atoms with Crippen molar-refractivity contribution in [3.05, 3.63) is 59.1 Å². The number of sulfone groups is 1. The van der Waals surface area contributed by atoms with Crippen molar-refractivity contribution in [1.29, 1.82) is 0 Å². The largest absolute Gasteiger partial charge is 0.355 e. The number of hydrogen-bond donors (Lipinski definition) is 1. The van der Waals surface area contributed by atoms with Crippen molar-refractivity contribution in [3.63, 3.8) is 0 Å². The minimum absolute atomic E-state index is 0.00816. The molecule has 0 saturated carbocycles. The van der Waals surface area contributed by atoms with Crippen molar-refractivity contribution < 1.29 is 17.7 Å². The quantitative estimate of drug-likeness (QED) is 0.761. The summed E-state index contributed by atoms with van der Waals surface area (Å²) in [5.41, 5.74) is 0.790. The van der Waals surface area contributed by atoms with Crippen molar-refractivity contribution in [3.8, 4) is 10.6 Å². The van der Waals surface area contributed by atoms with E-state index in [1.807, 2.05) is 17.5 Å². The van der Waals surface area contributed by atoms with E-state index in [2.05, 4.69) is 10.5 Å². The summed E-state index contributed by atoms with van der Waals surface area (Å²) in [5.74, 6) is 0.159. The average Bonchev–Trinajstić information content (AvgIpc) is 3.28. The lowest BCUT2D eigenvalue weighted by Gasteiger charge is -2.25. The molecule has 6 nitrogen and oxygen atoms in total. The van der Waals surface area contributed by atoms with Crippen LogP contribution in [0.3, 0.4) is 0 Å². The average molecular weight is 374 g/mol. The molecule has 0 aliphatic carbocycles. The number of aromatic nitrogens is 1. The molecule has 4 rings (SSSR count). The Morgan fingerprint density at radius 1 is 1.24 bits per heavy atom. The molecule has 0 bridgehead atoms. The van der Waals surface area contributed by atoms with Crippen LogP contribution in [0.1, 0.15) is 28.5 Å². The van der Waals surface area contributed by atoms with Crippen LogP contribution in [0.15, 0.2) is 57.3 Å². The standard InChI is InChI=1S/C17H14N2O4S2/c20-17(13-10-14(23-19-13)15-5-3-8-24-15)18-12-7-9-25(21,22)16-6-2-1-4-11(12)16/h1-6,8,10,12H,7,9H2,(H,18,20)/t12-/m0/s1. The minimum atomic E-state index is -3.28. The van der Waals surface area contributed by atoms with Crippen LogP contribution in [-0.4, -0.2) is 25.2 Å². The van der Waals surface area contributed by atoms with Gasteiger partial charge in [0.15, 0.2) is 21.3 Å². The smallest absolute Gasteiger partial charge is 0.273 e. The van der Waals surface area contributed by atoms with Gasteiger partial charge in [-0.1, -0.05) is 29.4 Å². The van der Waals surface area contributed by atoms with Gasteiger partial charge in [-0.05, 0) is 29.5 Å². The summed E-state index contributed by atoms with van der Waals surface area (Å²) in [4.78, 5) is 13.7. The van der Waals surface area contributed by atoms with E-state index in [1.54, 1.807) is 30.3 Å². The van der Waals surface area contributed by atoms with Crippen molar-refractivity contribution in [1.82, 2.24) is 10.5 Å². The molecule has 8 heteroatoms. The fraction of sp³-hybridized carbons (Fsp3) is 0.176. The van der Waals surface area contributed by atoms with E-state index < -0.39 is 9.84 Å². The van der Waals surface area contributed by atoms with E-state index >= 15 is 0 Å². The molecule has 0 radical (unpaired) electrons. The van der Waals surface area contributed by atoms with Crippen LogP contribution in [0.2, 0.25) is 0 Å². The summed E-state index contributed by atoms with van der Waals surface area (Å²) >= 11 is 1.50. The molecule has 1 N–H and O–H groups in total. The normalized spacial score (nSPS) is 18.5. The van der Waals surface area contributed by atoms with Gasteiger partial charge in [-0.15, -0.1) is 11.3 Å². The Kier molecular flexibility index (Phi) is 3.93. The Hall–Kier alpha value is -2.45. The highest BCUT2D eigenvalue weighted by molar-refractivity contribution is 7.91. The molecule has 0 unspecified atom stereocenters. The highest BCUT2D eigenvalue weighted by Gasteiger charge is 2.31. The first-order valence-electron chi connectivity index (χ1n) is 7.68. The van der Waals surface area contributed by atoms with Gasteiger partial charge in [0.05, 0.1) is 21.6 Å². The van der Waals surface area contributed by atoms with Gasteiger partial charge in [0.2, 0.25) is 0 Å². The van der Waals surface area contributed by atoms with Crippen LogP contribution in [0.4, 0.5) is 0 Å². The predicted molar refractivity (Wildman–Crippen MR) is 93.1 cm³/mol. The van der Waals surface area contributed by atoms with Crippen molar-refractivity contribution in [2.24, 2.45) is 0 Å². The molecule has 1 amide bonds. The highest BCUT2D eigenvalue weighted by atomic mass is 32.2. The van der Waals surface area contributed by atoms with E-state index in [9.17, 15) is 13.2 Å². The maximum atomic E-state index is 12.5. The van der Waals surface area contributed by atoms with Gasteiger partial charge in [-0.2, -0.15) is 0 Å². The molecular formula is C17H14N2O4S2. The maximum Gasteiger partial charge on any atom is 0.273 e. The molecule has 25 heavy (non-hydrogen) atoms. The van der Waals surface area contributed by atoms with Gasteiger partial charge < -0.3 is 9.84 Å². The molecule has 1 aliphatic rings. The van der Waals surface area contributed by atoms with Gasteiger partial charge in [-0.25, -0.2) is 8.42 Å². The zero-order chi connectivity index (χ0) is 17.4. The monoisotopic (exact) mass is 374 g/mol. The lowest BCUT2D eigenvalue weighted by atomic mass is 10.0. The van der Waals surface area contributed by atoms with Gasteiger partial charge in [0, 0.05) is 6.07 Å². The molecule has 3 heterocycles. The molecule has 0 saturated heterocycles. The second-order valence-corrected chi connectivity index (χ2v) is 8.75. The Bertz CT molecular complexity index is 1020. The third-order valence-electron chi connectivity index (χ3n) is 4.12. The number of carbonyl (C=O) groups excluding carboxylic acids is 1. The summed E-state index contributed by atoms with van der Waals surface area (Å²) in [6.07, 6.45) is 0.334. The van der Waals surface area contributed by atoms with E-state index in [4.69, 9.17) is 4.52 Å². The molecular weight excluding hydrogens is 360 g/mol. The highest BCUT2D eigenvalue weighted by Crippen LogP contribution is 2.32. The number of amides is 1. The van der Waals surface area contributed by atoms with Crippen LogP contribution in [0, 0.1) is 0 Å². The maximum absolute atomic E-state index is 12.5. The SMILES string of the molecule is O=C(N[C@H]1CCS(=O)(=O)c2ccccc21)c1cc(-c2cccs2)on1. The van der Waals surface area contributed by atoms with Crippen LogP contribution in [0.25, 0.3) is 10.6 Å². The first-order chi connectivity index (χ1) is 12.0. The second-order valence-electron chi connectivity index (χ2n) is 5.73. The number of benzene rings is 1. The molecule has 3 aromatic rings. The Morgan fingerprint density at radius 2 is 2.08 bits per heavy atom. The third-order valence-corrected chi connectivity index (χ3v) is 6.82. The Morgan fingerprint density at radius 3 is 2.88 bits per heavy atom. The van der Waals surface area contributed by atoms with Gasteiger partial charge in [-0.3, -0.25) is 4.79 Å². The number of rotatable bonds is 3. The fourth-order valence-electron chi connectivity index (χ4n) is 2.89. The van der Waals surface area contributed by atoms with Gasteiger partial charge in [0.25, 0.3) is 5.91 Å². The molecule has 0 spiro atoms. The van der Waals surface area contributed by atoms with Crippen LogP contribution >= 0.6 is 11.3 Å². The van der Waals surface area contributed by atoms with Crippen LogP contribution in [0.5, 0.6) is 0 Å². The fourth-order valence-corrected chi connectivity index (χ4v) is 5.18. The topological polar surface area (TPSA) is 89.3 Å². The summed E-state index contributed by atoms with van der Waals surface area (Å²) in [7, 11) is -3.28. The third kappa shape index (κ3) is 2.98. The predicted octanol–water partition coefficient (Wildman–Crippen LogP) is 3.05. The molecule has 1 atom stereocenters. The number of thiophene rings is 1. The molecule has 1 aromatic carbocycles. The lowest BCUT2D eigenvalue weighted by Crippen LogP contribution is -2.34. The zero-order valence-corrected chi connectivity index (χ0v) is 14.6. The Labute approximate surface area is 148 Å². The van der Waals surface area contributed by atoms with E-state index in [1.165, 1.54) is 11.3 Å². The molecule has 128 valence electrons. The molecule has 1 aliphatic heterocycles. The van der Waals surface area contributed by atoms with Crippen molar-refractivity contribution >= 4 is 27.1 Å². The number of fused-ring (bicyclic) bond motifs is 1. The molecule has 0 fully saturated rings. The summed E-state index contributed by atoms with van der Waals surface area (Å²) < 4.78 is 29.6. The van der Waals surface area contributed by atoms with Crippen LogP contribution < -0.4 is 5.32 Å². The number of nitrogens with zero attached hydrogens (tertiary/aromatic N) is 1.